The van der Waals surface area contributed by atoms with Gasteiger partial charge in [0.1, 0.15) is 17.4 Å². The number of benzene rings is 2. The van der Waals surface area contributed by atoms with E-state index in [9.17, 15) is 9.59 Å². The average molecular weight is 388 g/mol. The van der Waals surface area contributed by atoms with Gasteiger partial charge in [-0.25, -0.2) is 9.59 Å². The maximum absolute atomic E-state index is 12.7. The van der Waals surface area contributed by atoms with Gasteiger partial charge in [-0.2, -0.15) is 0 Å². The molecule has 0 aliphatic carbocycles. The maximum Gasteiger partial charge on any atom is 0.408 e. The summed E-state index contributed by atoms with van der Waals surface area (Å²) in [5.41, 5.74) is 0.257. The summed E-state index contributed by atoms with van der Waals surface area (Å²) in [4.78, 5) is 25.9. The summed E-state index contributed by atoms with van der Waals surface area (Å²) in [5.74, 6) is -0.108. The lowest BCUT2D eigenvalue weighted by Crippen LogP contribution is -2.46. The molecule has 0 unspecified atom stereocenters. The molecule has 2 aromatic rings. The van der Waals surface area contributed by atoms with Gasteiger partial charge in [0.2, 0.25) is 0 Å². The van der Waals surface area contributed by atoms with Crippen molar-refractivity contribution in [3.05, 3.63) is 60.2 Å². The van der Waals surface area contributed by atoms with Crippen molar-refractivity contribution in [3.63, 3.8) is 0 Å². The summed E-state index contributed by atoms with van der Waals surface area (Å²) >= 11 is 1.60. The molecule has 27 heavy (non-hydrogen) atoms. The minimum atomic E-state index is -0.859. The smallest absolute Gasteiger partial charge is 0.408 e. The second kappa shape index (κ2) is 9.46. The van der Waals surface area contributed by atoms with Gasteiger partial charge in [-0.3, -0.25) is 0 Å². The molecule has 144 valence electrons. The molecule has 0 heterocycles. The van der Waals surface area contributed by atoms with E-state index < -0.39 is 23.7 Å². The van der Waals surface area contributed by atoms with Gasteiger partial charge in [-0.05, 0) is 56.9 Å². The number of carbonyl (C=O) groups is 2. The van der Waals surface area contributed by atoms with Crippen molar-refractivity contribution in [2.24, 2.45) is 0 Å². The van der Waals surface area contributed by atoms with Gasteiger partial charge in [0.25, 0.3) is 0 Å². The molecule has 0 aromatic heterocycles. The van der Waals surface area contributed by atoms with Gasteiger partial charge in [0.15, 0.2) is 0 Å². The lowest BCUT2D eigenvalue weighted by Gasteiger charge is -2.23. The molecule has 0 saturated carbocycles. The van der Waals surface area contributed by atoms with Crippen LogP contribution in [-0.2, 0) is 16.0 Å². The molecule has 0 radical (unpaired) electrons. The Bertz CT molecular complexity index is 754. The molecule has 2 aromatic carbocycles. The predicted octanol–water partition coefficient (Wildman–Crippen LogP) is 4.45. The highest BCUT2D eigenvalue weighted by Crippen LogP contribution is 2.19. The summed E-state index contributed by atoms with van der Waals surface area (Å²) in [6.07, 6.45) is 1.63. The van der Waals surface area contributed by atoms with Gasteiger partial charge < -0.3 is 14.8 Å². The third kappa shape index (κ3) is 7.35. The molecule has 5 nitrogen and oxygen atoms in total. The number of rotatable bonds is 6. The quantitative estimate of drug-likeness (QED) is 0.451. The zero-order valence-corrected chi connectivity index (χ0v) is 16.8. The Balaban J connectivity index is 2.11. The second-order valence-corrected chi connectivity index (χ2v) is 7.86. The van der Waals surface area contributed by atoms with Crippen molar-refractivity contribution in [1.82, 2.24) is 5.32 Å². The number of hydrogen-bond acceptors (Lipinski definition) is 5. The van der Waals surface area contributed by atoms with Crippen LogP contribution >= 0.6 is 11.8 Å². The molecule has 0 saturated heterocycles. The van der Waals surface area contributed by atoms with Gasteiger partial charge in [0, 0.05) is 11.3 Å². The van der Waals surface area contributed by atoms with Crippen LogP contribution < -0.4 is 10.1 Å². The molecule has 0 bridgehead atoms. The number of alkyl carbamates (subject to hydrolysis) is 1. The number of hydrogen-bond donors (Lipinski definition) is 1. The zero-order chi connectivity index (χ0) is 19.9. The standard InChI is InChI=1S/C21H25NO4S/c1-21(2,3)26-20(24)22-18(14-15-8-6-5-7-9-15)19(23)25-16-10-12-17(27-4)13-11-16/h5-13,18H,14H2,1-4H3,(H,22,24)/t18-/m0/s1. The van der Waals surface area contributed by atoms with Crippen LogP contribution in [0.15, 0.2) is 59.5 Å². The topological polar surface area (TPSA) is 64.6 Å². The fourth-order valence-electron chi connectivity index (χ4n) is 2.32. The van der Waals surface area contributed by atoms with Crippen molar-refractivity contribution in [3.8, 4) is 5.75 Å². The Morgan fingerprint density at radius 3 is 2.22 bits per heavy atom. The monoisotopic (exact) mass is 387 g/mol. The van der Waals surface area contributed by atoms with Crippen LogP contribution in [-0.4, -0.2) is 30.0 Å². The van der Waals surface area contributed by atoms with Crippen LogP contribution in [0.3, 0.4) is 0 Å². The van der Waals surface area contributed by atoms with Crippen molar-refractivity contribution < 1.29 is 19.1 Å². The Labute approximate surface area is 164 Å². The maximum atomic E-state index is 12.7. The van der Waals surface area contributed by atoms with E-state index in [0.29, 0.717) is 12.2 Å². The average Bonchev–Trinajstić information content (AvgIpc) is 2.61. The molecule has 1 amide bonds. The fourth-order valence-corrected chi connectivity index (χ4v) is 2.73. The van der Waals surface area contributed by atoms with E-state index >= 15 is 0 Å². The van der Waals surface area contributed by atoms with Crippen molar-refractivity contribution >= 4 is 23.8 Å². The van der Waals surface area contributed by atoms with Crippen molar-refractivity contribution in [2.45, 2.75) is 43.7 Å². The highest BCUT2D eigenvalue weighted by molar-refractivity contribution is 7.98. The lowest BCUT2D eigenvalue weighted by molar-refractivity contribution is -0.136. The van der Waals surface area contributed by atoms with Gasteiger partial charge in [-0.1, -0.05) is 30.3 Å². The van der Waals surface area contributed by atoms with E-state index in [0.717, 1.165) is 10.5 Å². The highest BCUT2D eigenvalue weighted by Gasteiger charge is 2.26. The first-order chi connectivity index (χ1) is 12.8. The number of amides is 1. The molecule has 0 aliphatic rings. The molecule has 1 atom stereocenters. The third-order valence-electron chi connectivity index (χ3n) is 3.54. The van der Waals surface area contributed by atoms with Crippen LogP contribution in [0, 0.1) is 0 Å². The Morgan fingerprint density at radius 2 is 1.67 bits per heavy atom. The minimum absolute atomic E-state index is 0.307. The van der Waals surface area contributed by atoms with Crippen molar-refractivity contribution in [2.75, 3.05) is 6.26 Å². The first-order valence-electron chi connectivity index (χ1n) is 8.66. The van der Waals surface area contributed by atoms with E-state index in [-0.39, 0.29) is 0 Å². The summed E-state index contributed by atoms with van der Waals surface area (Å²) < 4.78 is 10.7. The SMILES string of the molecule is CSc1ccc(OC(=O)[C@H](Cc2ccccc2)NC(=O)OC(C)(C)C)cc1. The summed E-state index contributed by atoms with van der Waals surface area (Å²) in [6, 6.07) is 15.8. The molecule has 0 aliphatic heterocycles. The van der Waals surface area contributed by atoms with Crippen LogP contribution in [0.2, 0.25) is 0 Å². The zero-order valence-electron chi connectivity index (χ0n) is 16.0. The minimum Gasteiger partial charge on any atom is -0.444 e. The lowest BCUT2D eigenvalue weighted by atomic mass is 10.1. The van der Waals surface area contributed by atoms with Gasteiger partial charge in [0.05, 0.1) is 0 Å². The number of esters is 1. The number of nitrogens with one attached hydrogen (secondary N) is 1. The van der Waals surface area contributed by atoms with E-state index in [4.69, 9.17) is 9.47 Å². The van der Waals surface area contributed by atoms with Crippen LogP contribution in [0.1, 0.15) is 26.3 Å². The number of thioether (sulfide) groups is 1. The first kappa shape index (κ1) is 20.8. The van der Waals surface area contributed by atoms with E-state index in [1.807, 2.05) is 48.7 Å². The predicted molar refractivity (Wildman–Crippen MR) is 107 cm³/mol. The summed E-state index contributed by atoms with van der Waals surface area (Å²) in [6.45, 7) is 5.30. The fraction of sp³-hybridized carbons (Fsp3) is 0.333. The molecular formula is C21H25NO4S. The van der Waals surface area contributed by atoms with E-state index in [1.54, 1.807) is 44.7 Å². The Hall–Kier alpha value is -2.47. The Kier molecular flexibility index (Phi) is 7.30. The first-order valence-corrected chi connectivity index (χ1v) is 9.88. The Morgan fingerprint density at radius 1 is 1.04 bits per heavy atom. The highest BCUT2D eigenvalue weighted by atomic mass is 32.2. The number of ether oxygens (including phenoxy) is 2. The molecule has 1 N–H and O–H groups in total. The van der Waals surface area contributed by atoms with Crippen LogP contribution in [0.25, 0.3) is 0 Å². The molecule has 0 spiro atoms. The van der Waals surface area contributed by atoms with Gasteiger partial charge >= 0.3 is 12.1 Å². The van der Waals surface area contributed by atoms with Crippen LogP contribution in [0.4, 0.5) is 4.79 Å². The summed E-state index contributed by atoms with van der Waals surface area (Å²) in [5, 5.41) is 2.62. The third-order valence-corrected chi connectivity index (χ3v) is 4.28. The molecular weight excluding hydrogens is 362 g/mol. The molecule has 6 heteroatoms. The van der Waals surface area contributed by atoms with Crippen molar-refractivity contribution in [1.29, 1.82) is 0 Å². The summed E-state index contributed by atoms with van der Waals surface area (Å²) in [7, 11) is 0. The molecule has 2 rings (SSSR count). The van der Waals surface area contributed by atoms with E-state index in [1.165, 1.54) is 0 Å². The largest absolute Gasteiger partial charge is 0.444 e. The second-order valence-electron chi connectivity index (χ2n) is 6.99. The van der Waals surface area contributed by atoms with Crippen LogP contribution in [0.5, 0.6) is 5.75 Å². The van der Waals surface area contributed by atoms with Gasteiger partial charge in [-0.15, -0.1) is 11.8 Å². The number of carbonyl (C=O) groups excluding carboxylic acids is 2. The molecule has 0 fully saturated rings. The normalized spacial score (nSPS) is 12.1. The van der Waals surface area contributed by atoms with E-state index in [2.05, 4.69) is 5.32 Å².